The summed E-state index contributed by atoms with van der Waals surface area (Å²) in [7, 11) is 2.13. The standard InChI is InChI=1S/C14H21FN2/c1-10-8-11(2)14(13(15)9-10)16-12-4-6-17(3)7-5-12/h8-9,12,16H,4-7H2,1-3H3. The van der Waals surface area contributed by atoms with Crippen LogP contribution in [0.25, 0.3) is 0 Å². The first-order valence-electron chi connectivity index (χ1n) is 6.28. The van der Waals surface area contributed by atoms with Gasteiger partial charge in [-0.3, -0.25) is 0 Å². The first-order chi connectivity index (χ1) is 8.06. The molecule has 0 amide bonds. The van der Waals surface area contributed by atoms with Gasteiger partial charge in [0.1, 0.15) is 5.82 Å². The molecular weight excluding hydrogens is 215 g/mol. The zero-order valence-corrected chi connectivity index (χ0v) is 10.9. The van der Waals surface area contributed by atoms with Gasteiger partial charge in [0.05, 0.1) is 5.69 Å². The molecule has 1 fully saturated rings. The summed E-state index contributed by atoms with van der Waals surface area (Å²) < 4.78 is 13.9. The van der Waals surface area contributed by atoms with E-state index < -0.39 is 0 Å². The highest BCUT2D eigenvalue weighted by atomic mass is 19.1. The maximum atomic E-state index is 13.9. The summed E-state index contributed by atoms with van der Waals surface area (Å²) in [5.74, 6) is -0.124. The Balaban J connectivity index is 2.08. The molecule has 1 aromatic carbocycles. The molecule has 94 valence electrons. The predicted molar refractivity (Wildman–Crippen MR) is 70.0 cm³/mol. The Labute approximate surface area is 103 Å². The van der Waals surface area contributed by atoms with Crippen LogP contribution >= 0.6 is 0 Å². The number of halogens is 1. The molecule has 1 N–H and O–H groups in total. The van der Waals surface area contributed by atoms with Gasteiger partial charge in [-0.05, 0) is 64.0 Å². The van der Waals surface area contributed by atoms with Gasteiger partial charge in [0.2, 0.25) is 0 Å². The Morgan fingerprint density at radius 2 is 1.88 bits per heavy atom. The lowest BCUT2D eigenvalue weighted by atomic mass is 10.0. The van der Waals surface area contributed by atoms with Crippen molar-refractivity contribution in [2.75, 3.05) is 25.5 Å². The van der Waals surface area contributed by atoms with E-state index in [1.807, 2.05) is 19.9 Å². The molecule has 0 bridgehead atoms. The van der Waals surface area contributed by atoms with Crippen molar-refractivity contribution in [2.45, 2.75) is 32.7 Å². The lowest BCUT2D eigenvalue weighted by molar-refractivity contribution is 0.263. The van der Waals surface area contributed by atoms with Crippen LogP contribution in [0.5, 0.6) is 0 Å². The minimum absolute atomic E-state index is 0.124. The van der Waals surface area contributed by atoms with Crippen LogP contribution in [-0.2, 0) is 0 Å². The van der Waals surface area contributed by atoms with E-state index in [-0.39, 0.29) is 5.82 Å². The van der Waals surface area contributed by atoms with E-state index in [0.717, 1.165) is 37.1 Å². The lowest BCUT2D eigenvalue weighted by Gasteiger charge is -2.30. The zero-order chi connectivity index (χ0) is 12.4. The topological polar surface area (TPSA) is 15.3 Å². The summed E-state index contributed by atoms with van der Waals surface area (Å²) in [5.41, 5.74) is 2.67. The molecule has 0 radical (unpaired) electrons. The van der Waals surface area contributed by atoms with Crippen LogP contribution in [-0.4, -0.2) is 31.1 Å². The molecule has 1 aliphatic heterocycles. The highest BCUT2D eigenvalue weighted by Gasteiger charge is 2.18. The van der Waals surface area contributed by atoms with Crippen molar-refractivity contribution in [2.24, 2.45) is 0 Å². The van der Waals surface area contributed by atoms with Crippen molar-refractivity contribution in [3.63, 3.8) is 0 Å². The van der Waals surface area contributed by atoms with Crippen LogP contribution in [0.4, 0.5) is 10.1 Å². The minimum atomic E-state index is -0.124. The number of piperidine rings is 1. The van der Waals surface area contributed by atoms with Crippen LogP contribution < -0.4 is 5.32 Å². The molecule has 1 heterocycles. The molecule has 0 saturated carbocycles. The quantitative estimate of drug-likeness (QED) is 0.849. The van der Waals surface area contributed by atoms with Gasteiger partial charge in [0.25, 0.3) is 0 Å². The maximum absolute atomic E-state index is 13.9. The number of hydrogen-bond acceptors (Lipinski definition) is 2. The number of aryl methyl sites for hydroxylation is 2. The molecule has 0 spiro atoms. The van der Waals surface area contributed by atoms with E-state index >= 15 is 0 Å². The molecule has 1 aliphatic rings. The van der Waals surface area contributed by atoms with Crippen molar-refractivity contribution < 1.29 is 4.39 Å². The van der Waals surface area contributed by atoms with Crippen LogP contribution in [0.3, 0.4) is 0 Å². The van der Waals surface area contributed by atoms with Crippen LogP contribution in [0.1, 0.15) is 24.0 Å². The first-order valence-corrected chi connectivity index (χ1v) is 6.28. The Bertz CT molecular complexity index is 372. The fraction of sp³-hybridized carbons (Fsp3) is 0.571. The summed E-state index contributed by atoms with van der Waals surface area (Å²) in [6.07, 6.45) is 2.17. The van der Waals surface area contributed by atoms with Gasteiger partial charge >= 0.3 is 0 Å². The molecule has 0 aliphatic carbocycles. The average molecular weight is 236 g/mol. The first kappa shape index (κ1) is 12.4. The molecular formula is C14H21FN2. The normalized spacial score (nSPS) is 18.4. The molecule has 1 aromatic rings. The van der Waals surface area contributed by atoms with Crippen molar-refractivity contribution in [3.05, 3.63) is 29.1 Å². The monoisotopic (exact) mass is 236 g/mol. The van der Waals surface area contributed by atoms with Gasteiger partial charge in [0.15, 0.2) is 0 Å². The predicted octanol–water partition coefficient (Wildman–Crippen LogP) is 2.95. The number of likely N-dealkylation sites (tertiary alicyclic amines) is 1. The van der Waals surface area contributed by atoms with Gasteiger partial charge < -0.3 is 10.2 Å². The molecule has 0 aromatic heterocycles. The fourth-order valence-electron chi connectivity index (χ4n) is 2.46. The second-order valence-corrected chi connectivity index (χ2v) is 5.16. The van der Waals surface area contributed by atoms with E-state index in [0.29, 0.717) is 11.7 Å². The SMILES string of the molecule is Cc1cc(C)c(NC2CCN(C)CC2)c(F)c1. The van der Waals surface area contributed by atoms with Crippen LogP contribution in [0.2, 0.25) is 0 Å². The van der Waals surface area contributed by atoms with Crippen molar-refractivity contribution in [1.82, 2.24) is 4.90 Å². The third-order valence-corrected chi connectivity index (χ3v) is 3.50. The molecule has 3 heteroatoms. The molecule has 0 unspecified atom stereocenters. The molecule has 2 nitrogen and oxygen atoms in total. The zero-order valence-electron chi connectivity index (χ0n) is 10.9. The number of hydrogen-bond donors (Lipinski definition) is 1. The number of benzene rings is 1. The molecule has 0 atom stereocenters. The highest BCUT2D eigenvalue weighted by molar-refractivity contribution is 5.54. The lowest BCUT2D eigenvalue weighted by Crippen LogP contribution is -2.37. The Kier molecular flexibility index (Phi) is 3.67. The van der Waals surface area contributed by atoms with Gasteiger partial charge in [-0.1, -0.05) is 6.07 Å². The van der Waals surface area contributed by atoms with Gasteiger partial charge in [-0.25, -0.2) is 4.39 Å². The van der Waals surface area contributed by atoms with Crippen molar-refractivity contribution in [1.29, 1.82) is 0 Å². The average Bonchev–Trinajstić information content (AvgIpc) is 2.26. The van der Waals surface area contributed by atoms with Gasteiger partial charge in [0, 0.05) is 6.04 Å². The fourth-order valence-corrected chi connectivity index (χ4v) is 2.46. The van der Waals surface area contributed by atoms with Crippen LogP contribution in [0.15, 0.2) is 12.1 Å². The van der Waals surface area contributed by atoms with Gasteiger partial charge in [-0.15, -0.1) is 0 Å². The van der Waals surface area contributed by atoms with Gasteiger partial charge in [-0.2, -0.15) is 0 Å². The maximum Gasteiger partial charge on any atom is 0.146 e. The molecule has 1 saturated heterocycles. The van der Waals surface area contributed by atoms with E-state index in [2.05, 4.69) is 17.3 Å². The van der Waals surface area contributed by atoms with E-state index in [1.54, 1.807) is 6.07 Å². The second-order valence-electron chi connectivity index (χ2n) is 5.16. The minimum Gasteiger partial charge on any atom is -0.380 e. The van der Waals surface area contributed by atoms with E-state index in [1.165, 1.54) is 0 Å². The van der Waals surface area contributed by atoms with Crippen molar-refractivity contribution in [3.8, 4) is 0 Å². The highest BCUT2D eigenvalue weighted by Crippen LogP contribution is 2.24. The summed E-state index contributed by atoms with van der Waals surface area (Å²) in [5, 5.41) is 3.36. The summed E-state index contributed by atoms with van der Waals surface area (Å²) in [4.78, 5) is 2.32. The van der Waals surface area contributed by atoms with Crippen molar-refractivity contribution >= 4 is 5.69 Å². The van der Waals surface area contributed by atoms with E-state index in [4.69, 9.17) is 0 Å². The number of anilines is 1. The summed E-state index contributed by atoms with van der Waals surface area (Å²) >= 11 is 0. The second kappa shape index (κ2) is 5.05. The molecule has 2 rings (SSSR count). The number of nitrogens with zero attached hydrogens (tertiary/aromatic N) is 1. The third-order valence-electron chi connectivity index (χ3n) is 3.50. The third kappa shape index (κ3) is 2.97. The summed E-state index contributed by atoms with van der Waals surface area (Å²) in [6.45, 7) is 6.07. The smallest absolute Gasteiger partial charge is 0.146 e. The number of rotatable bonds is 2. The number of nitrogens with one attached hydrogen (secondary N) is 1. The molecule has 17 heavy (non-hydrogen) atoms. The largest absolute Gasteiger partial charge is 0.380 e. The Hall–Kier alpha value is -1.09. The Morgan fingerprint density at radius 3 is 2.47 bits per heavy atom. The summed E-state index contributed by atoms with van der Waals surface area (Å²) in [6, 6.07) is 4.03. The Morgan fingerprint density at radius 1 is 1.24 bits per heavy atom. The van der Waals surface area contributed by atoms with Crippen LogP contribution in [0, 0.1) is 19.7 Å². The van der Waals surface area contributed by atoms with E-state index in [9.17, 15) is 4.39 Å².